The summed E-state index contributed by atoms with van der Waals surface area (Å²) in [5.74, 6) is 2.28. The summed E-state index contributed by atoms with van der Waals surface area (Å²) >= 11 is 0. The third-order valence-corrected chi connectivity index (χ3v) is 4.84. The number of hydrogen-bond acceptors (Lipinski definition) is 4. The molecule has 2 aromatic rings. The Kier molecular flexibility index (Phi) is 5.81. The summed E-state index contributed by atoms with van der Waals surface area (Å²) in [5.41, 5.74) is 1.23. The first kappa shape index (κ1) is 17.6. The lowest BCUT2D eigenvalue weighted by molar-refractivity contribution is -0.133. The fourth-order valence-corrected chi connectivity index (χ4v) is 3.22. The zero-order valence-corrected chi connectivity index (χ0v) is 15.1. The van der Waals surface area contributed by atoms with Crippen LogP contribution in [0, 0.1) is 0 Å². The van der Waals surface area contributed by atoms with Gasteiger partial charge in [0.05, 0.1) is 6.54 Å². The zero-order valence-electron chi connectivity index (χ0n) is 15.1. The Morgan fingerprint density at radius 1 is 1.20 bits per heavy atom. The van der Waals surface area contributed by atoms with Gasteiger partial charge in [-0.15, -0.1) is 0 Å². The highest BCUT2D eigenvalue weighted by Gasteiger charge is 2.23. The first-order valence-electron chi connectivity index (χ1n) is 9.11. The highest BCUT2D eigenvalue weighted by molar-refractivity contribution is 5.77. The molecule has 1 aliphatic rings. The summed E-state index contributed by atoms with van der Waals surface area (Å²) in [5, 5.41) is 7.18. The van der Waals surface area contributed by atoms with Gasteiger partial charge in [-0.05, 0) is 11.5 Å². The number of piperazine rings is 1. The number of nitrogens with one attached hydrogen (secondary N) is 1. The molecular formula is C19H27N5O. The van der Waals surface area contributed by atoms with Crippen molar-refractivity contribution in [3.8, 4) is 0 Å². The molecule has 1 saturated heterocycles. The van der Waals surface area contributed by atoms with Crippen LogP contribution < -0.4 is 0 Å². The molecule has 1 aromatic carbocycles. The average Bonchev–Trinajstić information content (AvgIpc) is 3.10. The van der Waals surface area contributed by atoms with Crippen molar-refractivity contribution < 1.29 is 4.79 Å². The highest BCUT2D eigenvalue weighted by Crippen LogP contribution is 2.20. The molecule has 134 valence electrons. The summed E-state index contributed by atoms with van der Waals surface area (Å²) in [7, 11) is 0. The molecule has 0 spiro atoms. The van der Waals surface area contributed by atoms with Crippen molar-refractivity contribution in [2.45, 2.75) is 39.2 Å². The van der Waals surface area contributed by atoms with Gasteiger partial charge in [-0.1, -0.05) is 44.2 Å². The van der Waals surface area contributed by atoms with Gasteiger partial charge in [0.15, 0.2) is 0 Å². The molecule has 25 heavy (non-hydrogen) atoms. The molecule has 1 fully saturated rings. The lowest BCUT2D eigenvalue weighted by atomic mass is 9.97. The standard InChI is InChI=1S/C19H27N5O/c1-3-17-20-18(22-21-17)14-23-9-11-24(12-10-23)19(25)13-15(2)16-7-5-4-6-8-16/h4-8,15H,3,9-14H2,1-2H3,(H,20,21,22). The number of nitrogens with zero attached hydrogens (tertiary/aromatic N) is 4. The second-order valence-electron chi connectivity index (χ2n) is 6.72. The van der Waals surface area contributed by atoms with Crippen LogP contribution in [0.25, 0.3) is 0 Å². The Labute approximate surface area is 149 Å². The lowest BCUT2D eigenvalue weighted by Crippen LogP contribution is -2.48. The van der Waals surface area contributed by atoms with E-state index in [9.17, 15) is 4.79 Å². The van der Waals surface area contributed by atoms with Crippen LogP contribution in [0.2, 0.25) is 0 Å². The topological polar surface area (TPSA) is 65.1 Å². The van der Waals surface area contributed by atoms with Gasteiger partial charge in [0, 0.05) is 39.0 Å². The minimum Gasteiger partial charge on any atom is -0.340 e. The van der Waals surface area contributed by atoms with Crippen molar-refractivity contribution in [3.05, 3.63) is 47.5 Å². The minimum atomic E-state index is 0.254. The molecule has 3 rings (SSSR count). The fourth-order valence-electron chi connectivity index (χ4n) is 3.22. The maximum atomic E-state index is 12.6. The predicted molar refractivity (Wildman–Crippen MR) is 97.1 cm³/mol. The molecular weight excluding hydrogens is 314 g/mol. The molecule has 1 unspecified atom stereocenters. The van der Waals surface area contributed by atoms with Crippen LogP contribution in [0.15, 0.2) is 30.3 Å². The average molecular weight is 341 g/mol. The minimum absolute atomic E-state index is 0.254. The molecule has 0 aliphatic carbocycles. The van der Waals surface area contributed by atoms with Crippen LogP contribution >= 0.6 is 0 Å². The second-order valence-corrected chi connectivity index (χ2v) is 6.72. The van der Waals surface area contributed by atoms with Crippen LogP contribution in [0.5, 0.6) is 0 Å². The number of H-pyrrole nitrogens is 1. The van der Waals surface area contributed by atoms with Crippen molar-refractivity contribution in [2.24, 2.45) is 0 Å². The number of rotatable bonds is 6. The smallest absolute Gasteiger partial charge is 0.223 e. The molecule has 2 heterocycles. The molecule has 1 amide bonds. The van der Waals surface area contributed by atoms with Gasteiger partial charge in [0.25, 0.3) is 0 Å². The fraction of sp³-hybridized carbons (Fsp3) is 0.526. The van der Waals surface area contributed by atoms with Gasteiger partial charge in [-0.2, -0.15) is 5.10 Å². The van der Waals surface area contributed by atoms with Crippen molar-refractivity contribution in [2.75, 3.05) is 26.2 Å². The number of carbonyl (C=O) groups excluding carboxylic acids is 1. The third kappa shape index (κ3) is 4.66. The van der Waals surface area contributed by atoms with Crippen LogP contribution in [0.1, 0.15) is 43.4 Å². The van der Waals surface area contributed by atoms with E-state index in [0.29, 0.717) is 6.42 Å². The van der Waals surface area contributed by atoms with Gasteiger partial charge >= 0.3 is 0 Å². The molecule has 0 saturated carbocycles. The van der Waals surface area contributed by atoms with E-state index in [0.717, 1.165) is 50.8 Å². The Balaban J connectivity index is 1.46. The normalized spacial score (nSPS) is 16.8. The molecule has 6 heteroatoms. The van der Waals surface area contributed by atoms with Crippen LogP contribution in [0.3, 0.4) is 0 Å². The highest BCUT2D eigenvalue weighted by atomic mass is 16.2. The molecule has 0 bridgehead atoms. The van der Waals surface area contributed by atoms with Gasteiger partial charge in [0.2, 0.25) is 5.91 Å². The Bertz CT molecular complexity index is 676. The number of aromatic nitrogens is 3. The van der Waals surface area contributed by atoms with E-state index in [1.165, 1.54) is 5.56 Å². The summed E-state index contributed by atoms with van der Waals surface area (Å²) in [6.45, 7) is 8.29. The number of hydrogen-bond donors (Lipinski definition) is 1. The maximum Gasteiger partial charge on any atom is 0.223 e. The molecule has 0 radical (unpaired) electrons. The van der Waals surface area contributed by atoms with E-state index in [1.54, 1.807) is 0 Å². The van der Waals surface area contributed by atoms with E-state index >= 15 is 0 Å². The first-order valence-corrected chi connectivity index (χ1v) is 9.11. The number of aromatic amines is 1. The molecule has 1 aromatic heterocycles. The number of benzene rings is 1. The third-order valence-electron chi connectivity index (χ3n) is 4.84. The first-order chi connectivity index (χ1) is 12.2. The van der Waals surface area contributed by atoms with Crippen molar-refractivity contribution in [1.82, 2.24) is 25.0 Å². The molecule has 1 aliphatic heterocycles. The number of aryl methyl sites for hydroxylation is 1. The quantitative estimate of drug-likeness (QED) is 0.875. The number of amides is 1. The maximum absolute atomic E-state index is 12.6. The van der Waals surface area contributed by atoms with Crippen molar-refractivity contribution >= 4 is 5.91 Å². The molecule has 1 N–H and O–H groups in total. The van der Waals surface area contributed by atoms with E-state index < -0.39 is 0 Å². The van der Waals surface area contributed by atoms with Crippen molar-refractivity contribution in [3.63, 3.8) is 0 Å². The van der Waals surface area contributed by atoms with Crippen LogP contribution in [-0.2, 0) is 17.8 Å². The summed E-state index contributed by atoms with van der Waals surface area (Å²) in [4.78, 5) is 21.3. The molecule has 1 atom stereocenters. The van der Waals surface area contributed by atoms with E-state index in [1.807, 2.05) is 30.0 Å². The van der Waals surface area contributed by atoms with Gasteiger partial charge in [-0.25, -0.2) is 4.98 Å². The van der Waals surface area contributed by atoms with Gasteiger partial charge in [0.1, 0.15) is 11.6 Å². The van der Waals surface area contributed by atoms with E-state index in [4.69, 9.17) is 0 Å². The second kappa shape index (κ2) is 8.25. The SMILES string of the molecule is CCc1n[nH]c(CN2CCN(C(=O)CC(C)c3ccccc3)CC2)n1. The monoisotopic (exact) mass is 341 g/mol. The summed E-state index contributed by atoms with van der Waals surface area (Å²) < 4.78 is 0. The Morgan fingerprint density at radius 3 is 2.56 bits per heavy atom. The van der Waals surface area contributed by atoms with E-state index in [-0.39, 0.29) is 11.8 Å². The van der Waals surface area contributed by atoms with Crippen LogP contribution in [0.4, 0.5) is 0 Å². The van der Waals surface area contributed by atoms with Gasteiger partial charge in [-0.3, -0.25) is 14.8 Å². The summed E-state index contributed by atoms with van der Waals surface area (Å²) in [6, 6.07) is 10.3. The largest absolute Gasteiger partial charge is 0.340 e. The van der Waals surface area contributed by atoms with E-state index in [2.05, 4.69) is 39.1 Å². The predicted octanol–water partition coefficient (Wildman–Crippen LogP) is 2.21. The number of carbonyl (C=O) groups is 1. The molecule has 6 nitrogen and oxygen atoms in total. The van der Waals surface area contributed by atoms with Gasteiger partial charge < -0.3 is 4.90 Å². The zero-order chi connectivity index (χ0) is 17.6. The summed E-state index contributed by atoms with van der Waals surface area (Å²) in [6.07, 6.45) is 1.42. The Morgan fingerprint density at radius 2 is 1.92 bits per heavy atom. The van der Waals surface area contributed by atoms with Crippen LogP contribution in [-0.4, -0.2) is 57.1 Å². The lowest BCUT2D eigenvalue weighted by Gasteiger charge is -2.34. The van der Waals surface area contributed by atoms with Crippen molar-refractivity contribution in [1.29, 1.82) is 0 Å². The Hall–Kier alpha value is -2.21.